The van der Waals surface area contributed by atoms with Crippen LogP contribution in [0, 0.1) is 11.8 Å². The van der Waals surface area contributed by atoms with Crippen molar-refractivity contribution in [2.75, 3.05) is 25.4 Å². The molecule has 118 valence electrons. The Kier molecular flexibility index (Phi) is 6.59. The van der Waals surface area contributed by atoms with Gasteiger partial charge in [-0.3, -0.25) is 0 Å². The van der Waals surface area contributed by atoms with Crippen molar-refractivity contribution in [3.63, 3.8) is 0 Å². The maximum atomic E-state index is 10.4. The number of hydrogen-bond acceptors (Lipinski definition) is 3. The summed E-state index contributed by atoms with van der Waals surface area (Å²) in [6, 6.07) is 8.39. The maximum absolute atomic E-state index is 10.4. The summed E-state index contributed by atoms with van der Waals surface area (Å²) >= 11 is 1.84. The zero-order chi connectivity index (χ0) is 15.2. The highest BCUT2D eigenvalue weighted by molar-refractivity contribution is 7.99. The van der Waals surface area contributed by atoms with E-state index in [1.54, 1.807) is 0 Å². The molecule has 21 heavy (non-hydrogen) atoms. The van der Waals surface area contributed by atoms with Crippen LogP contribution in [0.5, 0.6) is 0 Å². The summed E-state index contributed by atoms with van der Waals surface area (Å²) in [4.78, 5) is 3.80. The molecule has 3 atom stereocenters. The topological polar surface area (TPSA) is 23.5 Å². The van der Waals surface area contributed by atoms with Gasteiger partial charge in [0, 0.05) is 24.5 Å². The third-order valence-corrected chi connectivity index (χ3v) is 5.13. The Balaban J connectivity index is 1.82. The smallest absolute Gasteiger partial charge is 0.0802 e. The fraction of sp³-hybridized carbons (Fsp3) is 0.667. The van der Waals surface area contributed by atoms with Gasteiger partial charge in [0.15, 0.2) is 0 Å². The van der Waals surface area contributed by atoms with E-state index in [1.165, 1.54) is 24.4 Å². The Morgan fingerprint density at radius 1 is 1.19 bits per heavy atom. The standard InChI is InChI=1S/C18H29NOS/c1-4-21-17-7-5-16(6-8-17)18(20)9-10-19-12-14(2)11-15(3)13-19/h5-8,14-15,18,20H,4,9-13H2,1-3H3. The Morgan fingerprint density at radius 3 is 2.38 bits per heavy atom. The molecular weight excluding hydrogens is 278 g/mol. The number of rotatable bonds is 6. The minimum atomic E-state index is -0.335. The molecule has 0 amide bonds. The first kappa shape index (κ1) is 16.9. The molecule has 0 saturated carbocycles. The number of benzene rings is 1. The van der Waals surface area contributed by atoms with Gasteiger partial charge in [-0.05, 0) is 48.1 Å². The van der Waals surface area contributed by atoms with Gasteiger partial charge in [0.05, 0.1) is 6.10 Å². The number of likely N-dealkylation sites (tertiary alicyclic amines) is 1. The van der Waals surface area contributed by atoms with Crippen molar-refractivity contribution in [1.82, 2.24) is 4.90 Å². The molecule has 1 aromatic rings. The van der Waals surface area contributed by atoms with Gasteiger partial charge >= 0.3 is 0 Å². The molecule has 1 N–H and O–H groups in total. The summed E-state index contributed by atoms with van der Waals surface area (Å²) in [5.74, 6) is 2.67. The molecule has 0 spiro atoms. The van der Waals surface area contributed by atoms with Gasteiger partial charge in [-0.25, -0.2) is 0 Å². The molecule has 0 aromatic heterocycles. The number of aliphatic hydroxyl groups excluding tert-OH is 1. The molecule has 1 fully saturated rings. The van der Waals surface area contributed by atoms with Crippen molar-refractivity contribution in [3.05, 3.63) is 29.8 Å². The summed E-state index contributed by atoms with van der Waals surface area (Å²) in [5, 5.41) is 10.4. The van der Waals surface area contributed by atoms with Crippen molar-refractivity contribution < 1.29 is 5.11 Å². The molecule has 1 aliphatic rings. The summed E-state index contributed by atoms with van der Waals surface area (Å²) in [6.45, 7) is 10.2. The van der Waals surface area contributed by atoms with E-state index in [1.807, 2.05) is 11.8 Å². The lowest BCUT2D eigenvalue weighted by Gasteiger charge is -2.35. The second kappa shape index (κ2) is 8.21. The van der Waals surface area contributed by atoms with E-state index in [2.05, 4.69) is 49.9 Å². The van der Waals surface area contributed by atoms with Gasteiger partial charge in [0.2, 0.25) is 0 Å². The fourth-order valence-electron chi connectivity index (χ4n) is 3.40. The van der Waals surface area contributed by atoms with Crippen LogP contribution in [0.15, 0.2) is 29.2 Å². The molecule has 1 heterocycles. The van der Waals surface area contributed by atoms with Crippen LogP contribution < -0.4 is 0 Å². The Morgan fingerprint density at radius 2 is 1.81 bits per heavy atom. The molecule has 1 aromatic carbocycles. The number of hydrogen-bond donors (Lipinski definition) is 1. The summed E-state index contributed by atoms with van der Waals surface area (Å²) in [7, 11) is 0. The molecule has 0 radical (unpaired) electrons. The summed E-state index contributed by atoms with van der Waals surface area (Å²) in [6.07, 6.45) is 1.84. The van der Waals surface area contributed by atoms with Gasteiger partial charge in [-0.2, -0.15) is 0 Å². The molecule has 1 aliphatic heterocycles. The molecule has 2 rings (SSSR count). The minimum absolute atomic E-state index is 0.335. The predicted octanol–water partition coefficient (Wildman–Crippen LogP) is 4.20. The second-order valence-corrected chi connectivity index (χ2v) is 7.85. The molecule has 0 aliphatic carbocycles. The van der Waals surface area contributed by atoms with E-state index in [4.69, 9.17) is 0 Å². The highest BCUT2D eigenvalue weighted by atomic mass is 32.2. The number of piperidine rings is 1. The quantitative estimate of drug-likeness (QED) is 0.797. The van der Waals surface area contributed by atoms with Crippen LogP contribution in [0.2, 0.25) is 0 Å². The van der Waals surface area contributed by atoms with Crippen LogP contribution in [-0.2, 0) is 0 Å². The first-order valence-corrected chi connectivity index (χ1v) is 9.20. The van der Waals surface area contributed by atoms with Crippen LogP contribution in [0.25, 0.3) is 0 Å². The Labute approximate surface area is 133 Å². The van der Waals surface area contributed by atoms with Crippen molar-refractivity contribution in [3.8, 4) is 0 Å². The van der Waals surface area contributed by atoms with Crippen molar-refractivity contribution in [1.29, 1.82) is 0 Å². The number of aliphatic hydroxyl groups is 1. The second-order valence-electron chi connectivity index (χ2n) is 6.51. The van der Waals surface area contributed by atoms with E-state index in [-0.39, 0.29) is 6.10 Å². The van der Waals surface area contributed by atoms with Crippen molar-refractivity contribution in [2.45, 2.75) is 44.6 Å². The molecule has 2 nitrogen and oxygen atoms in total. The highest BCUT2D eigenvalue weighted by Gasteiger charge is 2.22. The maximum Gasteiger partial charge on any atom is 0.0802 e. The van der Waals surface area contributed by atoms with Gasteiger partial charge in [-0.15, -0.1) is 11.8 Å². The van der Waals surface area contributed by atoms with Crippen LogP contribution in [0.3, 0.4) is 0 Å². The number of thioether (sulfide) groups is 1. The van der Waals surface area contributed by atoms with Gasteiger partial charge in [0.1, 0.15) is 0 Å². The van der Waals surface area contributed by atoms with Crippen molar-refractivity contribution >= 4 is 11.8 Å². The van der Waals surface area contributed by atoms with Crippen LogP contribution >= 0.6 is 11.8 Å². The van der Waals surface area contributed by atoms with Gasteiger partial charge < -0.3 is 10.0 Å². The lowest BCUT2D eigenvalue weighted by Crippen LogP contribution is -2.39. The molecule has 3 heteroatoms. The normalized spacial score (nSPS) is 25.0. The minimum Gasteiger partial charge on any atom is -0.388 e. The Hall–Kier alpha value is -0.510. The summed E-state index contributed by atoms with van der Waals surface area (Å²) in [5.41, 5.74) is 1.05. The first-order valence-electron chi connectivity index (χ1n) is 8.21. The van der Waals surface area contributed by atoms with E-state index in [9.17, 15) is 5.11 Å². The summed E-state index contributed by atoms with van der Waals surface area (Å²) < 4.78 is 0. The molecule has 3 unspecified atom stereocenters. The van der Waals surface area contributed by atoms with Crippen LogP contribution in [0.4, 0.5) is 0 Å². The number of nitrogens with zero attached hydrogens (tertiary/aromatic N) is 1. The predicted molar refractivity (Wildman–Crippen MR) is 91.8 cm³/mol. The van der Waals surface area contributed by atoms with E-state index in [0.717, 1.165) is 36.1 Å². The molecular formula is C18H29NOS. The zero-order valence-corrected chi connectivity index (χ0v) is 14.4. The van der Waals surface area contributed by atoms with E-state index in [0.29, 0.717) is 0 Å². The highest BCUT2D eigenvalue weighted by Crippen LogP contribution is 2.25. The SMILES string of the molecule is CCSc1ccc(C(O)CCN2CC(C)CC(C)C2)cc1. The lowest BCUT2D eigenvalue weighted by molar-refractivity contribution is 0.103. The fourth-order valence-corrected chi connectivity index (χ4v) is 4.06. The average molecular weight is 308 g/mol. The average Bonchev–Trinajstić information content (AvgIpc) is 2.45. The largest absolute Gasteiger partial charge is 0.388 e. The first-order chi connectivity index (χ1) is 10.1. The van der Waals surface area contributed by atoms with Crippen LogP contribution in [0.1, 0.15) is 45.3 Å². The third kappa shape index (κ3) is 5.32. The molecule has 1 saturated heterocycles. The van der Waals surface area contributed by atoms with Gasteiger partial charge in [0.25, 0.3) is 0 Å². The molecule has 0 bridgehead atoms. The van der Waals surface area contributed by atoms with Gasteiger partial charge in [-0.1, -0.05) is 32.9 Å². The zero-order valence-electron chi connectivity index (χ0n) is 13.6. The van der Waals surface area contributed by atoms with E-state index >= 15 is 0 Å². The van der Waals surface area contributed by atoms with Crippen molar-refractivity contribution in [2.24, 2.45) is 11.8 Å². The van der Waals surface area contributed by atoms with E-state index < -0.39 is 0 Å². The third-order valence-electron chi connectivity index (χ3n) is 4.24. The Bertz CT molecular complexity index is 410. The lowest BCUT2D eigenvalue weighted by atomic mass is 9.91. The van der Waals surface area contributed by atoms with Crippen LogP contribution in [-0.4, -0.2) is 35.4 Å². The monoisotopic (exact) mass is 307 g/mol.